The zero-order chi connectivity index (χ0) is 15.2. The maximum atomic E-state index is 12.2. The summed E-state index contributed by atoms with van der Waals surface area (Å²) in [6.07, 6.45) is 0.809. The van der Waals surface area contributed by atoms with Crippen molar-refractivity contribution >= 4 is 33.0 Å². The van der Waals surface area contributed by atoms with Crippen LogP contribution in [0.3, 0.4) is 0 Å². The molecule has 21 heavy (non-hydrogen) atoms. The number of carbonyl (C=O) groups excluding carboxylic acids is 1. The van der Waals surface area contributed by atoms with E-state index in [-0.39, 0.29) is 5.91 Å². The summed E-state index contributed by atoms with van der Waals surface area (Å²) in [5, 5.41) is 3.85. The van der Waals surface area contributed by atoms with Crippen molar-refractivity contribution in [2.45, 2.75) is 20.3 Å². The molecule has 0 aliphatic carbocycles. The molecule has 1 amide bonds. The molecule has 2 rings (SSSR count). The van der Waals surface area contributed by atoms with Crippen LogP contribution in [0.25, 0.3) is 10.1 Å². The number of fused-ring (bicyclic) bond motifs is 1. The first-order valence-electron chi connectivity index (χ1n) is 7.22. The Morgan fingerprint density at radius 3 is 2.86 bits per heavy atom. The molecule has 1 heterocycles. The van der Waals surface area contributed by atoms with Crippen LogP contribution in [0, 0.1) is 5.92 Å². The van der Waals surface area contributed by atoms with Gasteiger partial charge in [-0.2, -0.15) is 0 Å². The topological polar surface area (TPSA) is 64.3 Å². The number of nitrogens with two attached hydrogens (primary N) is 1. The van der Waals surface area contributed by atoms with Gasteiger partial charge in [-0.05, 0) is 18.4 Å². The minimum absolute atomic E-state index is 0.0995. The number of anilines is 1. The van der Waals surface area contributed by atoms with E-state index in [1.807, 2.05) is 24.3 Å². The lowest BCUT2D eigenvalue weighted by Gasteiger charge is -2.07. The van der Waals surface area contributed by atoms with Crippen LogP contribution in [0.15, 0.2) is 24.3 Å². The molecule has 2 aromatic rings. The predicted molar refractivity (Wildman–Crippen MR) is 88.8 cm³/mol. The van der Waals surface area contributed by atoms with Gasteiger partial charge in [0, 0.05) is 29.8 Å². The third-order valence-corrected chi connectivity index (χ3v) is 4.23. The van der Waals surface area contributed by atoms with Crippen LogP contribution in [0.2, 0.25) is 0 Å². The average Bonchev–Trinajstić information content (AvgIpc) is 2.80. The molecular formula is C16H22N2O2S. The zero-order valence-electron chi connectivity index (χ0n) is 12.5. The fourth-order valence-corrected chi connectivity index (χ4v) is 3.05. The molecule has 1 aromatic heterocycles. The third kappa shape index (κ3) is 4.19. The Balaban J connectivity index is 1.84. The highest BCUT2D eigenvalue weighted by Crippen LogP contribution is 2.33. The normalized spacial score (nSPS) is 11.2. The van der Waals surface area contributed by atoms with Crippen molar-refractivity contribution < 1.29 is 9.53 Å². The van der Waals surface area contributed by atoms with E-state index in [0.29, 0.717) is 29.6 Å². The van der Waals surface area contributed by atoms with E-state index in [0.717, 1.165) is 23.1 Å². The van der Waals surface area contributed by atoms with Gasteiger partial charge in [-0.15, -0.1) is 11.3 Å². The first kappa shape index (κ1) is 15.8. The van der Waals surface area contributed by atoms with Gasteiger partial charge in [-0.3, -0.25) is 4.79 Å². The van der Waals surface area contributed by atoms with Crippen molar-refractivity contribution in [2.75, 3.05) is 25.5 Å². The Bertz CT molecular complexity index is 607. The van der Waals surface area contributed by atoms with Crippen LogP contribution in [-0.4, -0.2) is 25.7 Å². The Morgan fingerprint density at radius 1 is 1.38 bits per heavy atom. The van der Waals surface area contributed by atoms with E-state index in [1.165, 1.54) is 11.3 Å². The molecule has 0 saturated carbocycles. The number of nitrogens with one attached hydrogen (secondary N) is 1. The summed E-state index contributed by atoms with van der Waals surface area (Å²) >= 11 is 1.44. The Kier molecular flexibility index (Phi) is 5.59. The van der Waals surface area contributed by atoms with Crippen molar-refractivity contribution in [3.8, 4) is 0 Å². The number of benzene rings is 1. The van der Waals surface area contributed by atoms with Crippen LogP contribution in [0.4, 0.5) is 5.69 Å². The Hall–Kier alpha value is -1.59. The van der Waals surface area contributed by atoms with Crippen LogP contribution >= 0.6 is 11.3 Å². The lowest BCUT2D eigenvalue weighted by Crippen LogP contribution is -2.25. The van der Waals surface area contributed by atoms with E-state index in [9.17, 15) is 4.79 Å². The van der Waals surface area contributed by atoms with Gasteiger partial charge in [-0.1, -0.05) is 32.0 Å². The lowest BCUT2D eigenvalue weighted by molar-refractivity contribution is 0.0929. The maximum Gasteiger partial charge on any atom is 0.263 e. The number of ether oxygens (including phenoxy) is 1. The molecule has 3 N–H and O–H groups in total. The summed E-state index contributed by atoms with van der Waals surface area (Å²) in [5.74, 6) is 0.440. The van der Waals surface area contributed by atoms with Crippen molar-refractivity contribution in [1.29, 1.82) is 0 Å². The summed E-state index contributed by atoms with van der Waals surface area (Å²) in [4.78, 5) is 12.8. The number of hydrogen-bond acceptors (Lipinski definition) is 4. The second-order valence-electron chi connectivity index (χ2n) is 5.42. The lowest BCUT2D eigenvalue weighted by atomic mass is 10.2. The van der Waals surface area contributed by atoms with Gasteiger partial charge in [0.25, 0.3) is 5.91 Å². The van der Waals surface area contributed by atoms with Gasteiger partial charge in [0.2, 0.25) is 0 Å². The van der Waals surface area contributed by atoms with E-state index < -0.39 is 0 Å². The second-order valence-corrected chi connectivity index (χ2v) is 6.47. The first-order valence-corrected chi connectivity index (χ1v) is 8.04. The summed E-state index contributed by atoms with van der Waals surface area (Å²) in [5.41, 5.74) is 6.62. The molecule has 0 spiro atoms. The van der Waals surface area contributed by atoms with Gasteiger partial charge in [-0.25, -0.2) is 0 Å². The van der Waals surface area contributed by atoms with E-state index in [2.05, 4.69) is 19.2 Å². The summed E-state index contributed by atoms with van der Waals surface area (Å²) < 4.78 is 6.52. The number of amides is 1. The number of carbonyl (C=O) groups is 1. The predicted octanol–water partition coefficient (Wildman–Crippen LogP) is 3.28. The molecule has 0 fully saturated rings. The molecule has 0 bridgehead atoms. The van der Waals surface area contributed by atoms with Gasteiger partial charge in [0.05, 0.1) is 5.69 Å². The summed E-state index contributed by atoms with van der Waals surface area (Å²) in [6, 6.07) is 7.80. The highest BCUT2D eigenvalue weighted by Gasteiger charge is 2.15. The van der Waals surface area contributed by atoms with Crippen molar-refractivity contribution in [2.24, 2.45) is 5.92 Å². The SMILES string of the molecule is CC(C)COCCCNC(=O)c1sc2ccccc2c1N. The number of thiophene rings is 1. The Labute approximate surface area is 129 Å². The molecular weight excluding hydrogens is 284 g/mol. The van der Waals surface area contributed by atoms with E-state index >= 15 is 0 Å². The number of nitrogen functional groups attached to an aromatic ring is 1. The van der Waals surface area contributed by atoms with Gasteiger partial charge < -0.3 is 15.8 Å². The molecule has 0 aliphatic rings. The van der Waals surface area contributed by atoms with Crippen molar-refractivity contribution in [3.05, 3.63) is 29.1 Å². The molecule has 4 nitrogen and oxygen atoms in total. The molecule has 0 unspecified atom stereocenters. The van der Waals surface area contributed by atoms with Gasteiger partial charge in [0.1, 0.15) is 4.88 Å². The van der Waals surface area contributed by atoms with Crippen LogP contribution in [0.1, 0.15) is 29.9 Å². The summed E-state index contributed by atoms with van der Waals surface area (Å²) in [6.45, 7) is 6.26. The van der Waals surface area contributed by atoms with Crippen molar-refractivity contribution in [3.63, 3.8) is 0 Å². The largest absolute Gasteiger partial charge is 0.397 e. The molecule has 1 aromatic carbocycles. The quantitative estimate of drug-likeness (QED) is 0.772. The molecule has 0 saturated heterocycles. The first-order chi connectivity index (χ1) is 10.1. The fourth-order valence-electron chi connectivity index (χ4n) is 2.01. The monoisotopic (exact) mass is 306 g/mol. The average molecular weight is 306 g/mol. The third-order valence-electron chi connectivity index (χ3n) is 3.04. The fraction of sp³-hybridized carbons (Fsp3) is 0.438. The standard InChI is InChI=1S/C16H22N2O2S/c1-11(2)10-20-9-5-8-18-16(19)15-14(17)12-6-3-4-7-13(12)21-15/h3-4,6-7,11H,5,8-10,17H2,1-2H3,(H,18,19). The molecule has 114 valence electrons. The highest BCUT2D eigenvalue weighted by molar-refractivity contribution is 7.21. The number of rotatable bonds is 7. The van der Waals surface area contributed by atoms with Crippen LogP contribution in [-0.2, 0) is 4.74 Å². The maximum absolute atomic E-state index is 12.2. The van der Waals surface area contributed by atoms with Crippen LogP contribution in [0.5, 0.6) is 0 Å². The molecule has 5 heteroatoms. The van der Waals surface area contributed by atoms with E-state index in [1.54, 1.807) is 0 Å². The van der Waals surface area contributed by atoms with Crippen LogP contribution < -0.4 is 11.1 Å². The molecule has 0 aliphatic heterocycles. The molecule has 0 atom stereocenters. The minimum atomic E-state index is -0.0995. The Morgan fingerprint density at radius 2 is 2.14 bits per heavy atom. The molecule has 0 radical (unpaired) electrons. The highest BCUT2D eigenvalue weighted by atomic mass is 32.1. The van der Waals surface area contributed by atoms with Gasteiger partial charge in [0.15, 0.2) is 0 Å². The summed E-state index contributed by atoms with van der Waals surface area (Å²) in [7, 11) is 0. The minimum Gasteiger partial charge on any atom is -0.397 e. The number of hydrogen-bond donors (Lipinski definition) is 2. The van der Waals surface area contributed by atoms with Crippen molar-refractivity contribution in [1.82, 2.24) is 5.32 Å². The smallest absolute Gasteiger partial charge is 0.263 e. The van der Waals surface area contributed by atoms with Gasteiger partial charge >= 0.3 is 0 Å². The second kappa shape index (κ2) is 7.43. The zero-order valence-corrected chi connectivity index (χ0v) is 13.3. The van der Waals surface area contributed by atoms with E-state index in [4.69, 9.17) is 10.5 Å².